The van der Waals surface area contributed by atoms with Crippen molar-refractivity contribution in [3.63, 3.8) is 0 Å². The van der Waals surface area contributed by atoms with Crippen LogP contribution < -0.4 is 5.32 Å². The highest BCUT2D eigenvalue weighted by molar-refractivity contribution is 5.85. The molecule has 1 aliphatic rings. The number of nitrogens with one attached hydrogen (secondary N) is 1. The number of benzene rings is 1. The zero-order valence-corrected chi connectivity index (χ0v) is 16.9. The van der Waals surface area contributed by atoms with Crippen LogP contribution >= 0.6 is 12.4 Å². The predicted molar refractivity (Wildman–Crippen MR) is 111 cm³/mol. The fourth-order valence-electron chi connectivity index (χ4n) is 3.44. The molecule has 1 amide bonds. The number of aromatic nitrogens is 1. The van der Waals surface area contributed by atoms with Gasteiger partial charge in [0.05, 0.1) is 6.54 Å². The Morgan fingerprint density at radius 3 is 2.70 bits per heavy atom. The molecule has 1 unspecified atom stereocenters. The lowest BCUT2D eigenvalue weighted by Crippen LogP contribution is -2.51. The molecule has 2 aromatic rings. The average molecular weight is 389 g/mol. The molecule has 0 spiro atoms. The maximum atomic E-state index is 13.1. The third kappa shape index (κ3) is 5.76. The largest absolute Gasteiger partial charge is 0.335 e. The summed E-state index contributed by atoms with van der Waals surface area (Å²) < 4.78 is 0. The maximum Gasteiger partial charge on any atom is 0.237 e. The van der Waals surface area contributed by atoms with Gasteiger partial charge < -0.3 is 10.2 Å². The molecule has 27 heavy (non-hydrogen) atoms. The minimum Gasteiger partial charge on any atom is -0.335 e. The zero-order chi connectivity index (χ0) is 18.4. The van der Waals surface area contributed by atoms with Crippen LogP contribution in [0.4, 0.5) is 0 Å². The molecule has 1 aromatic carbocycles. The standard InChI is InChI=1S/C21H28N4O.ClH/c1-17(2)25(15-18-7-4-3-5-8-18)21(26)16-24-12-11-23-14-20(24)19-9-6-10-22-13-19;/h3-10,13,17,20,23H,11-12,14-16H2,1-2H3;1H. The lowest BCUT2D eigenvalue weighted by molar-refractivity contribution is -0.135. The molecule has 1 fully saturated rings. The van der Waals surface area contributed by atoms with E-state index in [2.05, 4.69) is 47.2 Å². The Labute approximate surface area is 168 Å². The number of halogens is 1. The van der Waals surface area contributed by atoms with Gasteiger partial charge in [0.25, 0.3) is 0 Å². The lowest BCUT2D eigenvalue weighted by Gasteiger charge is -2.37. The second-order valence-electron chi connectivity index (χ2n) is 7.08. The molecule has 3 rings (SSSR count). The minimum atomic E-state index is 0. The zero-order valence-electron chi connectivity index (χ0n) is 16.0. The van der Waals surface area contributed by atoms with E-state index in [0.717, 1.165) is 25.2 Å². The number of rotatable bonds is 6. The summed E-state index contributed by atoms with van der Waals surface area (Å²) in [6.07, 6.45) is 3.69. The molecular weight excluding hydrogens is 360 g/mol. The molecule has 1 atom stereocenters. The molecule has 1 aliphatic heterocycles. The second-order valence-corrected chi connectivity index (χ2v) is 7.08. The first-order chi connectivity index (χ1) is 12.6. The highest BCUT2D eigenvalue weighted by Gasteiger charge is 2.28. The number of pyridine rings is 1. The Morgan fingerprint density at radius 2 is 2.04 bits per heavy atom. The van der Waals surface area contributed by atoms with Crippen LogP contribution in [0, 0.1) is 0 Å². The smallest absolute Gasteiger partial charge is 0.237 e. The number of piperazine rings is 1. The van der Waals surface area contributed by atoms with E-state index < -0.39 is 0 Å². The Kier molecular flexibility index (Phi) is 8.23. The molecule has 146 valence electrons. The molecular formula is C21H29ClN4O. The van der Waals surface area contributed by atoms with Gasteiger partial charge in [-0.15, -0.1) is 12.4 Å². The van der Waals surface area contributed by atoms with E-state index in [9.17, 15) is 4.79 Å². The summed E-state index contributed by atoms with van der Waals surface area (Å²) in [5, 5.41) is 3.43. The highest BCUT2D eigenvalue weighted by Crippen LogP contribution is 2.21. The van der Waals surface area contributed by atoms with Crippen molar-refractivity contribution in [2.75, 3.05) is 26.2 Å². The van der Waals surface area contributed by atoms with E-state index in [0.29, 0.717) is 13.1 Å². The first kappa shape index (κ1) is 21.4. The molecule has 5 nitrogen and oxygen atoms in total. The molecule has 2 heterocycles. The van der Waals surface area contributed by atoms with E-state index in [-0.39, 0.29) is 30.4 Å². The first-order valence-electron chi connectivity index (χ1n) is 9.33. The Morgan fingerprint density at radius 1 is 1.26 bits per heavy atom. The monoisotopic (exact) mass is 388 g/mol. The quantitative estimate of drug-likeness (QED) is 0.826. The molecule has 1 saturated heterocycles. The molecule has 1 N–H and O–H groups in total. The number of hydrogen-bond donors (Lipinski definition) is 1. The average Bonchev–Trinajstić information content (AvgIpc) is 2.68. The molecule has 0 radical (unpaired) electrons. The van der Waals surface area contributed by atoms with Crippen LogP contribution in [-0.4, -0.2) is 52.9 Å². The Hall–Kier alpha value is -1.95. The molecule has 0 aliphatic carbocycles. The van der Waals surface area contributed by atoms with E-state index in [1.165, 1.54) is 5.56 Å². The van der Waals surface area contributed by atoms with Crippen molar-refractivity contribution >= 4 is 18.3 Å². The van der Waals surface area contributed by atoms with Crippen molar-refractivity contribution in [3.8, 4) is 0 Å². The second kappa shape index (κ2) is 10.4. The van der Waals surface area contributed by atoms with Gasteiger partial charge in [-0.3, -0.25) is 14.7 Å². The van der Waals surface area contributed by atoms with E-state index in [4.69, 9.17) is 0 Å². The third-order valence-corrected chi connectivity index (χ3v) is 4.90. The number of amides is 1. The van der Waals surface area contributed by atoms with Gasteiger partial charge in [0.1, 0.15) is 0 Å². The van der Waals surface area contributed by atoms with Crippen LogP contribution in [0.1, 0.15) is 31.0 Å². The SMILES string of the molecule is CC(C)N(Cc1ccccc1)C(=O)CN1CCNCC1c1cccnc1.Cl. The summed E-state index contributed by atoms with van der Waals surface area (Å²) in [7, 11) is 0. The van der Waals surface area contributed by atoms with Crippen molar-refractivity contribution < 1.29 is 4.79 Å². The summed E-state index contributed by atoms with van der Waals surface area (Å²) in [4.78, 5) is 21.6. The summed E-state index contributed by atoms with van der Waals surface area (Å²) in [6, 6.07) is 14.6. The summed E-state index contributed by atoms with van der Waals surface area (Å²) in [5.41, 5.74) is 2.32. The molecule has 0 saturated carbocycles. The fourth-order valence-corrected chi connectivity index (χ4v) is 3.44. The number of hydrogen-bond acceptors (Lipinski definition) is 4. The highest BCUT2D eigenvalue weighted by atomic mass is 35.5. The predicted octanol–water partition coefficient (Wildman–Crippen LogP) is 2.89. The maximum absolute atomic E-state index is 13.1. The van der Waals surface area contributed by atoms with Crippen LogP contribution in [0.5, 0.6) is 0 Å². The third-order valence-electron chi connectivity index (χ3n) is 4.90. The van der Waals surface area contributed by atoms with Gasteiger partial charge in [0.2, 0.25) is 5.91 Å². The number of carbonyl (C=O) groups is 1. The summed E-state index contributed by atoms with van der Waals surface area (Å²) in [6.45, 7) is 7.87. The van der Waals surface area contributed by atoms with Crippen molar-refractivity contribution in [2.45, 2.75) is 32.5 Å². The van der Waals surface area contributed by atoms with E-state index >= 15 is 0 Å². The lowest BCUT2D eigenvalue weighted by atomic mass is 10.1. The van der Waals surface area contributed by atoms with Gasteiger partial charge in [0, 0.05) is 50.7 Å². The van der Waals surface area contributed by atoms with Crippen molar-refractivity contribution in [3.05, 3.63) is 66.0 Å². The Bertz CT molecular complexity index is 696. The van der Waals surface area contributed by atoms with Gasteiger partial charge in [-0.2, -0.15) is 0 Å². The van der Waals surface area contributed by atoms with Gasteiger partial charge in [-0.05, 0) is 31.0 Å². The normalized spacial score (nSPS) is 17.4. The fraction of sp³-hybridized carbons (Fsp3) is 0.429. The van der Waals surface area contributed by atoms with Crippen LogP contribution in [0.25, 0.3) is 0 Å². The van der Waals surface area contributed by atoms with Crippen LogP contribution in [-0.2, 0) is 11.3 Å². The van der Waals surface area contributed by atoms with Crippen LogP contribution in [0.15, 0.2) is 54.9 Å². The van der Waals surface area contributed by atoms with Crippen LogP contribution in [0.2, 0.25) is 0 Å². The summed E-state index contributed by atoms with van der Waals surface area (Å²) >= 11 is 0. The van der Waals surface area contributed by atoms with Gasteiger partial charge in [-0.1, -0.05) is 36.4 Å². The molecule has 1 aromatic heterocycles. The van der Waals surface area contributed by atoms with Crippen molar-refractivity contribution in [2.24, 2.45) is 0 Å². The molecule has 0 bridgehead atoms. The first-order valence-corrected chi connectivity index (χ1v) is 9.33. The van der Waals surface area contributed by atoms with E-state index in [1.807, 2.05) is 35.4 Å². The van der Waals surface area contributed by atoms with Gasteiger partial charge >= 0.3 is 0 Å². The Balaban J connectivity index is 0.00000261. The topological polar surface area (TPSA) is 48.5 Å². The number of nitrogens with zero attached hydrogens (tertiary/aromatic N) is 3. The van der Waals surface area contributed by atoms with Crippen molar-refractivity contribution in [1.29, 1.82) is 0 Å². The molecule has 6 heteroatoms. The van der Waals surface area contributed by atoms with Gasteiger partial charge in [0.15, 0.2) is 0 Å². The number of carbonyl (C=O) groups excluding carboxylic acids is 1. The van der Waals surface area contributed by atoms with Gasteiger partial charge in [-0.25, -0.2) is 0 Å². The minimum absolute atomic E-state index is 0. The van der Waals surface area contributed by atoms with E-state index in [1.54, 1.807) is 6.20 Å². The van der Waals surface area contributed by atoms with Crippen LogP contribution in [0.3, 0.4) is 0 Å². The summed E-state index contributed by atoms with van der Waals surface area (Å²) in [5.74, 6) is 0.180. The van der Waals surface area contributed by atoms with Crippen molar-refractivity contribution in [1.82, 2.24) is 20.1 Å².